The van der Waals surface area contributed by atoms with Crippen LogP contribution in [0, 0.1) is 0 Å². The van der Waals surface area contributed by atoms with E-state index < -0.39 is 0 Å². The maximum Gasteiger partial charge on any atom is 0.119 e. The number of benzene rings is 2. The fourth-order valence-corrected chi connectivity index (χ4v) is 3.41. The number of ether oxygens (including phenoxy) is 1. The zero-order chi connectivity index (χ0) is 15.2. The van der Waals surface area contributed by atoms with E-state index in [0.717, 1.165) is 21.5 Å². The van der Waals surface area contributed by atoms with Gasteiger partial charge in [0, 0.05) is 21.2 Å². The first-order valence-corrected chi connectivity index (χ1v) is 8.73. The second-order valence-corrected chi connectivity index (χ2v) is 7.12. The summed E-state index contributed by atoms with van der Waals surface area (Å²) >= 11 is 5.25. The molecule has 0 aliphatic rings. The van der Waals surface area contributed by atoms with E-state index in [1.54, 1.807) is 11.8 Å². The van der Waals surface area contributed by atoms with Crippen LogP contribution in [-0.4, -0.2) is 11.9 Å². The Balaban J connectivity index is 1.92. The van der Waals surface area contributed by atoms with E-state index in [4.69, 9.17) is 10.5 Å². The highest BCUT2D eigenvalue weighted by atomic mass is 79.9. The van der Waals surface area contributed by atoms with Gasteiger partial charge >= 0.3 is 0 Å². The summed E-state index contributed by atoms with van der Waals surface area (Å²) in [4.78, 5) is 1.22. The summed E-state index contributed by atoms with van der Waals surface area (Å²) in [5.74, 6) is 1.74. The fourth-order valence-electron chi connectivity index (χ4n) is 1.90. The molecule has 1 atom stereocenters. The molecule has 0 aliphatic heterocycles. The summed E-state index contributed by atoms with van der Waals surface area (Å²) in [5.41, 5.74) is 7.39. The van der Waals surface area contributed by atoms with E-state index in [2.05, 4.69) is 28.1 Å². The van der Waals surface area contributed by atoms with Crippen LogP contribution in [0.3, 0.4) is 0 Å². The Kier molecular flexibility index (Phi) is 6.15. The molecule has 0 heterocycles. The lowest BCUT2D eigenvalue weighted by molar-refractivity contribution is 0.242. The van der Waals surface area contributed by atoms with Crippen molar-refractivity contribution < 1.29 is 4.74 Å². The molecule has 2 aromatic rings. The van der Waals surface area contributed by atoms with E-state index in [9.17, 15) is 0 Å². The highest BCUT2D eigenvalue weighted by Crippen LogP contribution is 2.26. The first-order chi connectivity index (χ1) is 10.0. The van der Waals surface area contributed by atoms with E-state index in [1.165, 1.54) is 4.90 Å². The SMILES string of the molecule is CC(C)Oc1ccc(C(N)CSc2cccc(Br)c2)cc1. The quantitative estimate of drug-likeness (QED) is 0.729. The van der Waals surface area contributed by atoms with Gasteiger partial charge in [-0.2, -0.15) is 0 Å². The van der Waals surface area contributed by atoms with Crippen molar-refractivity contribution in [1.29, 1.82) is 0 Å². The number of halogens is 1. The van der Waals surface area contributed by atoms with Crippen molar-refractivity contribution in [3.8, 4) is 5.75 Å². The number of nitrogens with two attached hydrogens (primary N) is 1. The van der Waals surface area contributed by atoms with Crippen molar-refractivity contribution in [2.24, 2.45) is 5.73 Å². The Morgan fingerprint density at radius 2 is 1.86 bits per heavy atom. The third-order valence-corrected chi connectivity index (χ3v) is 4.51. The second-order valence-electron chi connectivity index (χ2n) is 5.11. The molecular weight excluding hydrogens is 346 g/mol. The predicted molar refractivity (Wildman–Crippen MR) is 94.0 cm³/mol. The third-order valence-electron chi connectivity index (χ3n) is 2.91. The van der Waals surface area contributed by atoms with Gasteiger partial charge in [-0.1, -0.05) is 34.1 Å². The zero-order valence-corrected chi connectivity index (χ0v) is 14.7. The smallest absolute Gasteiger partial charge is 0.119 e. The van der Waals surface area contributed by atoms with Gasteiger partial charge in [0.05, 0.1) is 6.10 Å². The molecule has 21 heavy (non-hydrogen) atoms. The van der Waals surface area contributed by atoms with E-state index in [0.29, 0.717) is 0 Å². The first-order valence-electron chi connectivity index (χ1n) is 6.95. The summed E-state index contributed by atoms with van der Waals surface area (Å²) in [6.45, 7) is 4.04. The minimum absolute atomic E-state index is 0.0158. The number of rotatable bonds is 6. The van der Waals surface area contributed by atoms with Gasteiger partial charge < -0.3 is 10.5 Å². The molecule has 2 rings (SSSR count). The molecule has 2 aromatic carbocycles. The average molecular weight is 366 g/mol. The first kappa shape index (κ1) is 16.4. The Hall–Kier alpha value is -0.970. The molecule has 0 saturated heterocycles. The molecular formula is C17H20BrNOS. The molecule has 0 saturated carbocycles. The van der Waals surface area contributed by atoms with Crippen LogP contribution >= 0.6 is 27.7 Å². The molecule has 0 bridgehead atoms. The summed E-state index contributed by atoms with van der Waals surface area (Å²) in [7, 11) is 0. The maximum absolute atomic E-state index is 6.26. The Morgan fingerprint density at radius 3 is 2.48 bits per heavy atom. The van der Waals surface area contributed by atoms with Crippen molar-refractivity contribution in [3.63, 3.8) is 0 Å². The van der Waals surface area contributed by atoms with Crippen molar-refractivity contribution in [2.45, 2.75) is 30.9 Å². The van der Waals surface area contributed by atoms with E-state index >= 15 is 0 Å². The van der Waals surface area contributed by atoms with Crippen LogP contribution in [0.25, 0.3) is 0 Å². The molecule has 4 heteroatoms. The van der Waals surface area contributed by atoms with Crippen molar-refractivity contribution in [1.82, 2.24) is 0 Å². The number of hydrogen-bond donors (Lipinski definition) is 1. The monoisotopic (exact) mass is 365 g/mol. The zero-order valence-electron chi connectivity index (χ0n) is 12.3. The Morgan fingerprint density at radius 1 is 1.14 bits per heavy atom. The lowest BCUT2D eigenvalue weighted by Crippen LogP contribution is -2.13. The molecule has 2 nitrogen and oxygen atoms in total. The summed E-state index contributed by atoms with van der Waals surface area (Å²) in [5, 5.41) is 0. The fraction of sp³-hybridized carbons (Fsp3) is 0.294. The molecule has 0 radical (unpaired) electrons. The summed E-state index contributed by atoms with van der Waals surface area (Å²) in [6.07, 6.45) is 0.191. The highest BCUT2D eigenvalue weighted by Gasteiger charge is 2.07. The Labute approximate surface area is 139 Å². The molecule has 112 valence electrons. The van der Waals surface area contributed by atoms with Gasteiger partial charge in [-0.25, -0.2) is 0 Å². The van der Waals surface area contributed by atoms with Crippen LogP contribution in [-0.2, 0) is 0 Å². The van der Waals surface area contributed by atoms with Gasteiger partial charge in [0.25, 0.3) is 0 Å². The minimum atomic E-state index is 0.0158. The van der Waals surface area contributed by atoms with Gasteiger partial charge in [0.15, 0.2) is 0 Å². The van der Waals surface area contributed by atoms with Crippen LogP contribution in [0.5, 0.6) is 5.75 Å². The average Bonchev–Trinajstić information content (AvgIpc) is 2.45. The Bertz CT molecular complexity index is 571. The van der Waals surface area contributed by atoms with Crippen LogP contribution < -0.4 is 10.5 Å². The van der Waals surface area contributed by atoms with Gasteiger partial charge in [-0.15, -0.1) is 11.8 Å². The maximum atomic E-state index is 6.26. The van der Waals surface area contributed by atoms with E-state index in [-0.39, 0.29) is 12.1 Å². The van der Waals surface area contributed by atoms with Gasteiger partial charge in [0.1, 0.15) is 5.75 Å². The van der Waals surface area contributed by atoms with Gasteiger partial charge in [-0.05, 0) is 49.7 Å². The van der Waals surface area contributed by atoms with Crippen molar-refractivity contribution in [2.75, 3.05) is 5.75 Å². The molecule has 0 spiro atoms. The molecule has 0 aromatic heterocycles. The minimum Gasteiger partial charge on any atom is -0.491 e. The van der Waals surface area contributed by atoms with Crippen LogP contribution in [0.4, 0.5) is 0 Å². The largest absolute Gasteiger partial charge is 0.491 e. The van der Waals surface area contributed by atoms with Gasteiger partial charge in [0.2, 0.25) is 0 Å². The molecule has 0 fully saturated rings. The van der Waals surface area contributed by atoms with E-state index in [1.807, 2.05) is 50.2 Å². The summed E-state index contributed by atoms with van der Waals surface area (Å²) in [6, 6.07) is 16.3. The number of hydrogen-bond acceptors (Lipinski definition) is 3. The third kappa shape index (κ3) is 5.38. The molecule has 2 N–H and O–H groups in total. The highest BCUT2D eigenvalue weighted by molar-refractivity contribution is 9.10. The molecule has 0 aliphatic carbocycles. The second kappa shape index (κ2) is 7.87. The lowest BCUT2D eigenvalue weighted by Gasteiger charge is -2.14. The van der Waals surface area contributed by atoms with Crippen molar-refractivity contribution >= 4 is 27.7 Å². The topological polar surface area (TPSA) is 35.2 Å². The van der Waals surface area contributed by atoms with Crippen molar-refractivity contribution in [3.05, 3.63) is 58.6 Å². The molecule has 1 unspecified atom stereocenters. The van der Waals surface area contributed by atoms with Crippen LogP contribution in [0.1, 0.15) is 25.5 Å². The standard InChI is InChI=1S/C17H20BrNOS/c1-12(2)20-15-8-6-13(7-9-15)17(19)11-21-16-5-3-4-14(18)10-16/h3-10,12,17H,11,19H2,1-2H3. The van der Waals surface area contributed by atoms with Crippen LogP contribution in [0.2, 0.25) is 0 Å². The molecule has 0 amide bonds. The predicted octanol–water partition coefficient (Wildman–Crippen LogP) is 5.03. The van der Waals surface area contributed by atoms with Crippen LogP contribution in [0.15, 0.2) is 57.9 Å². The normalized spacial score (nSPS) is 12.4. The lowest BCUT2D eigenvalue weighted by atomic mass is 10.1. The number of thioether (sulfide) groups is 1. The van der Waals surface area contributed by atoms with Gasteiger partial charge in [-0.3, -0.25) is 0 Å². The summed E-state index contributed by atoms with van der Waals surface area (Å²) < 4.78 is 6.73.